The van der Waals surface area contributed by atoms with Gasteiger partial charge in [-0.05, 0) is 17.4 Å². The fourth-order valence-electron chi connectivity index (χ4n) is 2.15. The average Bonchev–Trinajstić information content (AvgIpc) is 2.38. The molecule has 1 unspecified atom stereocenters. The standard InChI is InChI=1S/C15H21ClN2O4/c1-15(2,3)8-11(9-19)17-14(20)6-10-4-5-12(18(21)22)7-13(10)16/h4-5,7,11,19H,6,8-9H2,1-3H3,(H,17,20). The number of aliphatic hydroxyl groups excluding tert-OH is 1. The van der Waals surface area contributed by atoms with Gasteiger partial charge in [-0.25, -0.2) is 0 Å². The van der Waals surface area contributed by atoms with E-state index >= 15 is 0 Å². The van der Waals surface area contributed by atoms with E-state index < -0.39 is 4.92 Å². The van der Waals surface area contributed by atoms with Crippen molar-refractivity contribution in [3.05, 3.63) is 38.9 Å². The van der Waals surface area contributed by atoms with Crippen molar-refractivity contribution in [2.45, 2.75) is 39.7 Å². The van der Waals surface area contributed by atoms with Gasteiger partial charge in [-0.3, -0.25) is 14.9 Å². The smallest absolute Gasteiger partial charge is 0.270 e. The van der Waals surface area contributed by atoms with Crippen LogP contribution in [0.15, 0.2) is 18.2 Å². The molecule has 1 atom stereocenters. The highest BCUT2D eigenvalue weighted by molar-refractivity contribution is 6.31. The fraction of sp³-hybridized carbons (Fsp3) is 0.533. The van der Waals surface area contributed by atoms with Crippen LogP contribution in [0.5, 0.6) is 0 Å². The number of nitro benzene ring substituents is 1. The molecule has 2 N–H and O–H groups in total. The minimum atomic E-state index is -0.541. The van der Waals surface area contributed by atoms with Crippen molar-refractivity contribution in [1.82, 2.24) is 5.32 Å². The Hall–Kier alpha value is -1.66. The predicted octanol–water partition coefficient (Wildman–Crippen LogP) is 2.70. The Labute approximate surface area is 134 Å². The zero-order valence-electron chi connectivity index (χ0n) is 12.9. The van der Waals surface area contributed by atoms with E-state index in [0.717, 1.165) is 0 Å². The van der Waals surface area contributed by atoms with Gasteiger partial charge >= 0.3 is 0 Å². The number of carbonyl (C=O) groups excluding carboxylic acids is 1. The van der Waals surface area contributed by atoms with E-state index in [1.54, 1.807) is 0 Å². The van der Waals surface area contributed by atoms with Gasteiger partial charge in [0.2, 0.25) is 5.91 Å². The summed E-state index contributed by atoms with van der Waals surface area (Å²) in [5.41, 5.74) is 0.374. The van der Waals surface area contributed by atoms with Gasteiger partial charge in [-0.1, -0.05) is 38.4 Å². The van der Waals surface area contributed by atoms with Crippen molar-refractivity contribution in [3.63, 3.8) is 0 Å². The summed E-state index contributed by atoms with van der Waals surface area (Å²) in [6.45, 7) is 5.93. The van der Waals surface area contributed by atoms with Gasteiger partial charge in [0.05, 0.1) is 29.0 Å². The Morgan fingerprint density at radius 3 is 2.55 bits per heavy atom. The number of rotatable bonds is 6. The second-order valence-corrected chi connectivity index (χ2v) is 6.83. The van der Waals surface area contributed by atoms with Gasteiger partial charge in [-0.2, -0.15) is 0 Å². The molecule has 0 aliphatic heterocycles. The topological polar surface area (TPSA) is 92.5 Å². The second kappa shape index (κ2) is 7.56. The molecule has 0 radical (unpaired) electrons. The quantitative estimate of drug-likeness (QED) is 0.620. The molecule has 1 amide bonds. The molecule has 6 nitrogen and oxygen atoms in total. The maximum Gasteiger partial charge on any atom is 0.270 e. The first-order valence-electron chi connectivity index (χ1n) is 6.95. The van der Waals surface area contributed by atoms with Crippen molar-refractivity contribution >= 4 is 23.2 Å². The fourth-order valence-corrected chi connectivity index (χ4v) is 2.39. The van der Waals surface area contributed by atoms with Crippen LogP contribution in [0.2, 0.25) is 5.02 Å². The maximum absolute atomic E-state index is 12.0. The summed E-state index contributed by atoms with van der Waals surface area (Å²) < 4.78 is 0. The molecular formula is C15H21ClN2O4. The van der Waals surface area contributed by atoms with Crippen molar-refractivity contribution in [1.29, 1.82) is 0 Å². The molecule has 0 aromatic heterocycles. The number of non-ortho nitro benzene ring substituents is 1. The minimum Gasteiger partial charge on any atom is -0.394 e. The van der Waals surface area contributed by atoms with E-state index in [-0.39, 0.29) is 41.1 Å². The Kier molecular flexibility index (Phi) is 6.32. The minimum absolute atomic E-state index is 0.0114. The molecule has 0 aliphatic carbocycles. The highest BCUT2D eigenvalue weighted by atomic mass is 35.5. The van der Waals surface area contributed by atoms with Crippen molar-refractivity contribution in [3.8, 4) is 0 Å². The monoisotopic (exact) mass is 328 g/mol. The summed E-state index contributed by atoms with van der Waals surface area (Å²) >= 11 is 5.96. The van der Waals surface area contributed by atoms with Crippen LogP contribution in [-0.4, -0.2) is 28.6 Å². The number of nitrogens with zero attached hydrogens (tertiary/aromatic N) is 1. The molecule has 0 fully saturated rings. The Bertz CT molecular complexity index is 555. The molecule has 7 heteroatoms. The van der Waals surface area contributed by atoms with E-state index in [1.807, 2.05) is 20.8 Å². The van der Waals surface area contributed by atoms with Gasteiger partial charge in [0.25, 0.3) is 5.69 Å². The Balaban J connectivity index is 2.70. The summed E-state index contributed by atoms with van der Waals surface area (Å²) in [6, 6.07) is 3.68. The van der Waals surface area contributed by atoms with Crippen LogP contribution < -0.4 is 5.32 Å². The highest BCUT2D eigenvalue weighted by Crippen LogP contribution is 2.23. The van der Waals surface area contributed by atoms with Crippen molar-refractivity contribution < 1.29 is 14.8 Å². The van der Waals surface area contributed by atoms with Crippen LogP contribution >= 0.6 is 11.6 Å². The lowest BCUT2D eigenvalue weighted by Crippen LogP contribution is -2.40. The number of nitrogens with one attached hydrogen (secondary N) is 1. The number of benzene rings is 1. The molecule has 1 rings (SSSR count). The van der Waals surface area contributed by atoms with Crippen LogP contribution in [0, 0.1) is 15.5 Å². The number of carbonyl (C=O) groups is 1. The van der Waals surface area contributed by atoms with E-state index in [4.69, 9.17) is 11.6 Å². The van der Waals surface area contributed by atoms with Gasteiger partial charge in [0, 0.05) is 12.1 Å². The number of hydrogen-bond acceptors (Lipinski definition) is 4. The van der Waals surface area contributed by atoms with Gasteiger partial charge < -0.3 is 10.4 Å². The van der Waals surface area contributed by atoms with E-state index in [1.165, 1.54) is 18.2 Å². The molecule has 0 heterocycles. The van der Waals surface area contributed by atoms with E-state index in [0.29, 0.717) is 12.0 Å². The number of hydrogen-bond donors (Lipinski definition) is 2. The zero-order valence-corrected chi connectivity index (χ0v) is 13.7. The van der Waals surface area contributed by atoms with Crippen molar-refractivity contribution in [2.75, 3.05) is 6.61 Å². The Morgan fingerprint density at radius 1 is 1.45 bits per heavy atom. The summed E-state index contributed by atoms with van der Waals surface area (Å²) in [6.07, 6.45) is 0.653. The molecule has 0 saturated carbocycles. The number of nitro groups is 1. The summed E-state index contributed by atoms with van der Waals surface area (Å²) in [5, 5.41) is 22.9. The van der Waals surface area contributed by atoms with Crippen LogP contribution in [0.4, 0.5) is 5.69 Å². The highest BCUT2D eigenvalue weighted by Gasteiger charge is 2.20. The molecule has 0 bridgehead atoms. The normalized spacial score (nSPS) is 12.8. The molecule has 1 aromatic rings. The van der Waals surface area contributed by atoms with Gasteiger partial charge in [0.1, 0.15) is 0 Å². The van der Waals surface area contributed by atoms with Gasteiger partial charge in [0.15, 0.2) is 0 Å². The first-order chi connectivity index (χ1) is 10.1. The third-order valence-electron chi connectivity index (χ3n) is 3.04. The maximum atomic E-state index is 12.0. The molecular weight excluding hydrogens is 308 g/mol. The summed E-state index contributed by atoms with van der Waals surface area (Å²) in [5.74, 6) is -0.279. The number of halogens is 1. The van der Waals surface area contributed by atoms with Crippen LogP contribution in [0.25, 0.3) is 0 Å². The zero-order chi connectivity index (χ0) is 16.9. The molecule has 0 aliphatic rings. The molecule has 122 valence electrons. The van der Waals surface area contributed by atoms with Crippen LogP contribution in [-0.2, 0) is 11.2 Å². The summed E-state index contributed by atoms with van der Waals surface area (Å²) in [4.78, 5) is 22.1. The van der Waals surface area contributed by atoms with E-state index in [2.05, 4.69) is 5.32 Å². The molecule has 0 saturated heterocycles. The lowest BCUT2D eigenvalue weighted by molar-refractivity contribution is -0.384. The SMILES string of the molecule is CC(C)(C)CC(CO)NC(=O)Cc1ccc([N+](=O)[O-])cc1Cl. The largest absolute Gasteiger partial charge is 0.394 e. The average molecular weight is 329 g/mol. The van der Waals surface area contributed by atoms with Gasteiger partial charge in [-0.15, -0.1) is 0 Å². The van der Waals surface area contributed by atoms with E-state index in [9.17, 15) is 20.0 Å². The van der Waals surface area contributed by atoms with Crippen molar-refractivity contribution in [2.24, 2.45) is 5.41 Å². The molecule has 22 heavy (non-hydrogen) atoms. The third kappa shape index (κ3) is 5.99. The lowest BCUT2D eigenvalue weighted by Gasteiger charge is -2.25. The number of aliphatic hydroxyl groups is 1. The van der Waals surface area contributed by atoms with Crippen LogP contribution in [0.3, 0.4) is 0 Å². The Morgan fingerprint density at radius 2 is 2.09 bits per heavy atom. The second-order valence-electron chi connectivity index (χ2n) is 6.42. The first-order valence-corrected chi connectivity index (χ1v) is 7.33. The number of amides is 1. The lowest BCUT2D eigenvalue weighted by atomic mass is 9.88. The van der Waals surface area contributed by atoms with Crippen LogP contribution in [0.1, 0.15) is 32.8 Å². The molecule has 0 spiro atoms. The first kappa shape index (κ1) is 18.4. The third-order valence-corrected chi connectivity index (χ3v) is 3.39. The molecule has 1 aromatic carbocycles. The predicted molar refractivity (Wildman–Crippen MR) is 84.9 cm³/mol. The summed E-state index contributed by atoms with van der Waals surface area (Å²) in [7, 11) is 0.